The molecule has 0 saturated carbocycles. The second kappa shape index (κ2) is 12.2. The lowest BCUT2D eigenvalue weighted by Gasteiger charge is -2.45. The van der Waals surface area contributed by atoms with Crippen molar-refractivity contribution in [2.75, 3.05) is 6.54 Å². The van der Waals surface area contributed by atoms with Crippen LogP contribution in [-0.2, 0) is 20.9 Å². The highest BCUT2D eigenvalue weighted by Gasteiger charge is 2.47. The summed E-state index contributed by atoms with van der Waals surface area (Å²) < 4.78 is 12.0. The first-order valence-electron chi connectivity index (χ1n) is 10.5. The van der Waals surface area contributed by atoms with E-state index in [0.717, 1.165) is 5.56 Å². The molecule has 1 fully saturated rings. The van der Waals surface area contributed by atoms with Gasteiger partial charge in [0.2, 0.25) is 5.91 Å². The van der Waals surface area contributed by atoms with Gasteiger partial charge in [-0.25, -0.2) is 0 Å². The summed E-state index contributed by atoms with van der Waals surface area (Å²) in [5.41, 5.74) is 19.2. The quantitative estimate of drug-likeness (QED) is 0.329. The van der Waals surface area contributed by atoms with Crippen molar-refractivity contribution >= 4 is 11.8 Å². The molecule has 1 aliphatic rings. The number of hydrogen-bond acceptors (Lipinski definition) is 6. The second-order valence-electron chi connectivity index (χ2n) is 7.54. The zero-order valence-corrected chi connectivity index (χ0v) is 18.4. The van der Waals surface area contributed by atoms with Gasteiger partial charge in [-0.15, -0.1) is 0 Å². The summed E-state index contributed by atoms with van der Waals surface area (Å²) in [6, 6.07) is 15.0. The molecule has 5 atom stereocenters. The number of benzene rings is 2. The minimum Gasteiger partial charge on any atom is -0.347 e. The number of nitrogens with one attached hydrogen (secondary N) is 2. The maximum atomic E-state index is 13.0. The summed E-state index contributed by atoms with van der Waals surface area (Å²) in [6.45, 7) is 1.30. The monoisotopic (exact) mass is 464 g/mol. The Morgan fingerprint density at radius 2 is 1.68 bits per heavy atom. The van der Waals surface area contributed by atoms with Crippen molar-refractivity contribution in [1.29, 1.82) is 0 Å². The fourth-order valence-electron chi connectivity index (χ4n) is 3.71. The highest BCUT2D eigenvalue weighted by atomic mass is 16.7. The third kappa shape index (κ3) is 6.47. The van der Waals surface area contributed by atoms with Crippen LogP contribution in [0.1, 0.15) is 22.8 Å². The first-order chi connectivity index (χ1) is 16.5. The smallest absolute Gasteiger partial charge is 0.251 e. The van der Waals surface area contributed by atoms with Gasteiger partial charge < -0.3 is 20.1 Å². The fraction of sp³-hybridized carbons (Fsp3) is 0.364. The molecule has 0 spiro atoms. The van der Waals surface area contributed by atoms with Crippen molar-refractivity contribution in [2.45, 2.75) is 44.1 Å². The Kier molecular flexibility index (Phi) is 8.84. The van der Waals surface area contributed by atoms with Crippen LogP contribution in [0.3, 0.4) is 0 Å². The van der Waals surface area contributed by atoms with Crippen LogP contribution in [0.25, 0.3) is 20.9 Å². The number of nitrogens with zero attached hydrogens (tertiary/aromatic N) is 6. The molecule has 12 nitrogen and oxygen atoms in total. The van der Waals surface area contributed by atoms with Crippen LogP contribution in [0.4, 0.5) is 0 Å². The van der Waals surface area contributed by atoms with E-state index < -0.39 is 42.3 Å². The molecule has 0 aliphatic carbocycles. The SMILES string of the molecule is CC(=O)N[C@@H]1[C@H](OCc2ccccc2)O[C@H](CN=[N+]=[N-])[C@H](N=[N+]=[N-])[C@@H]1NC(=O)c1ccccc1. The first kappa shape index (κ1) is 24.6. The Hall–Kier alpha value is -4.08. The maximum absolute atomic E-state index is 13.0. The van der Waals surface area contributed by atoms with Gasteiger partial charge in [0.25, 0.3) is 5.91 Å². The number of amides is 2. The Morgan fingerprint density at radius 3 is 2.29 bits per heavy atom. The van der Waals surface area contributed by atoms with E-state index in [0.29, 0.717) is 5.56 Å². The third-order valence-electron chi connectivity index (χ3n) is 5.21. The molecule has 176 valence electrons. The van der Waals surface area contributed by atoms with Crippen LogP contribution >= 0.6 is 0 Å². The van der Waals surface area contributed by atoms with Crippen LogP contribution in [0.2, 0.25) is 0 Å². The molecule has 3 rings (SSSR count). The van der Waals surface area contributed by atoms with Gasteiger partial charge in [0.15, 0.2) is 6.29 Å². The molecule has 2 aromatic rings. The number of carbonyl (C=O) groups is 2. The molecule has 1 aliphatic heterocycles. The average molecular weight is 464 g/mol. The minimum absolute atomic E-state index is 0.154. The van der Waals surface area contributed by atoms with Gasteiger partial charge in [0, 0.05) is 22.3 Å². The van der Waals surface area contributed by atoms with Crippen molar-refractivity contribution in [1.82, 2.24) is 10.6 Å². The van der Waals surface area contributed by atoms with E-state index in [-0.39, 0.29) is 13.2 Å². The van der Waals surface area contributed by atoms with E-state index in [1.807, 2.05) is 30.3 Å². The van der Waals surface area contributed by atoms with Gasteiger partial charge >= 0.3 is 0 Å². The summed E-state index contributed by atoms with van der Waals surface area (Å²) in [5, 5.41) is 13.0. The lowest BCUT2D eigenvalue weighted by atomic mass is 9.91. The summed E-state index contributed by atoms with van der Waals surface area (Å²) in [5.74, 6) is -0.834. The largest absolute Gasteiger partial charge is 0.347 e. The molecule has 0 unspecified atom stereocenters. The Morgan fingerprint density at radius 1 is 1.00 bits per heavy atom. The number of hydrogen-bond donors (Lipinski definition) is 2. The summed E-state index contributed by atoms with van der Waals surface area (Å²) in [7, 11) is 0. The Bertz CT molecular complexity index is 1070. The van der Waals surface area contributed by atoms with Gasteiger partial charge in [0.1, 0.15) is 6.04 Å². The van der Waals surface area contributed by atoms with E-state index in [9.17, 15) is 15.1 Å². The number of carbonyl (C=O) groups excluding carboxylic acids is 2. The van der Waals surface area contributed by atoms with Crippen molar-refractivity contribution in [2.24, 2.45) is 10.2 Å². The minimum atomic E-state index is -1.03. The third-order valence-corrected chi connectivity index (χ3v) is 5.21. The molecular weight excluding hydrogens is 440 g/mol. The normalized spacial score (nSPS) is 23.6. The van der Waals surface area contributed by atoms with E-state index in [1.54, 1.807) is 30.3 Å². The molecule has 0 bridgehead atoms. The first-order valence-corrected chi connectivity index (χ1v) is 10.5. The molecule has 1 heterocycles. The predicted molar refractivity (Wildman–Crippen MR) is 122 cm³/mol. The van der Waals surface area contributed by atoms with Crippen molar-refractivity contribution < 1.29 is 19.1 Å². The topological polar surface area (TPSA) is 174 Å². The molecule has 2 aromatic carbocycles. The zero-order chi connectivity index (χ0) is 24.3. The predicted octanol–water partition coefficient (Wildman–Crippen LogP) is 3.22. The van der Waals surface area contributed by atoms with E-state index >= 15 is 0 Å². The molecule has 12 heteroatoms. The fourth-order valence-corrected chi connectivity index (χ4v) is 3.71. The van der Waals surface area contributed by atoms with Gasteiger partial charge in [-0.1, -0.05) is 58.8 Å². The summed E-state index contributed by atoms with van der Waals surface area (Å²) >= 11 is 0. The molecule has 2 N–H and O–H groups in total. The zero-order valence-electron chi connectivity index (χ0n) is 18.4. The molecule has 0 aromatic heterocycles. The lowest BCUT2D eigenvalue weighted by molar-refractivity contribution is -0.221. The van der Waals surface area contributed by atoms with Gasteiger partial charge in [-0.3, -0.25) is 9.59 Å². The average Bonchev–Trinajstić information content (AvgIpc) is 2.85. The van der Waals surface area contributed by atoms with Gasteiger partial charge in [-0.2, -0.15) is 0 Å². The van der Waals surface area contributed by atoms with Crippen LogP contribution in [0.15, 0.2) is 70.9 Å². The van der Waals surface area contributed by atoms with Crippen LogP contribution in [0.5, 0.6) is 0 Å². The Balaban J connectivity index is 1.95. The highest BCUT2D eigenvalue weighted by Crippen LogP contribution is 2.26. The summed E-state index contributed by atoms with van der Waals surface area (Å²) in [6.07, 6.45) is -1.94. The van der Waals surface area contributed by atoms with Crippen molar-refractivity contribution in [3.63, 3.8) is 0 Å². The number of azide groups is 2. The van der Waals surface area contributed by atoms with Gasteiger partial charge in [-0.05, 0) is 28.8 Å². The highest BCUT2D eigenvalue weighted by molar-refractivity contribution is 5.94. The lowest BCUT2D eigenvalue weighted by Crippen LogP contribution is -2.68. The van der Waals surface area contributed by atoms with Crippen molar-refractivity contribution in [3.8, 4) is 0 Å². The number of rotatable bonds is 9. The molecule has 0 radical (unpaired) electrons. The van der Waals surface area contributed by atoms with Gasteiger partial charge in [0.05, 0.1) is 31.3 Å². The maximum Gasteiger partial charge on any atom is 0.251 e. The van der Waals surface area contributed by atoms with Crippen LogP contribution in [0, 0.1) is 0 Å². The number of ether oxygens (including phenoxy) is 2. The van der Waals surface area contributed by atoms with Crippen LogP contribution in [-0.4, -0.2) is 48.9 Å². The van der Waals surface area contributed by atoms with E-state index in [4.69, 9.17) is 15.0 Å². The molecule has 2 amide bonds. The van der Waals surface area contributed by atoms with Crippen LogP contribution < -0.4 is 10.6 Å². The Labute approximate surface area is 195 Å². The molecular formula is C22H24N8O4. The molecule has 1 saturated heterocycles. The van der Waals surface area contributed by atoms with E-state index in [2.05, 4.69) is 30.7 Å². The summed E-state index contributed by atoms with van der Waals surface area (Å²) in [4.78, 5) is 30.7. The standard InChI is InChI=1S/C22H24N8O4/c1-14(31)26-20-19(27-21(32)16-10-6-3-7-11-16)18(28-30-24)17(12-25-29-23)34-22(20)33-13-15-8-4-2-5-9-15/h2-11,17-20,22H,12-13H2,1H3,(H,26,31)(H,27,32)/t17-,18+,19+,20+,22-/m1/s1. The second-order valence-corrected chi connectivity index (χ2v) is 7.54. The van der Waals surface area contributed by atoms with E-state index in [1.165, 1.54) is 6.92 Å². The van der Waals surface area contributed by atoms with Crippen molar-refractivity contribution in [3.05, 3.63) is 92.7 Å². The molecule has 34 heavy (non-hydrogen) atoms.